The van der Waals surface area contributed by atoms with Gasteiger partial charge in [0, 0.05) is 40.3 Å². The molecule has 2 heterocycles. The lowest BCUT2D eigenvalue weighted by Gasteiger charge is -2.10. The van der Waals surface area contributed by atoms with Crippen LogP contribution in [-0.4, -0.2) is 28.2 Å². The number of benzene rings is 3. The number of hydrogen-bond donors (Lipinski definition) is 3. The van der Waals surface area contributed by atoms with Gasteiger partial charge in [-0.15, -0.1) is 0 Å². The highest BCUT2D eigenvalue weighted by atomic mass is 19.1. The van der Waals surface area contributed by atoms with Crippen molar-refractivity contribution in [1.29, 1.82) is 0 Å². The second-order valence-electron chi connectivity index (χ2n) is 6.71. The van der Waals surface area contributed by atoms with Gasteiger partial charge in [-0.1, -0.05) is 0 Å². The minimum Gasteiger partial charge on any atom is -0.508 e. The number of esters is 1. The second kappa shape index (κ2) is 8.62. The van der Waals surface area contributed by atoms with E-state index < -0.39 is 11.8 Å². The summed E-state index contributed by atoms with van der Waals surface area (Å²) in [6, 6.07) is 18.1. The van der Waals surface area contributed by atoms with Crippen molar-refractivity contribution in [1.82, 2.24) is 9.97 Å². The van der Waals surface area contributed by atoms with Gasteiger partial charge in [0.2, 0.25) is 0 Å². The van der Waals surface area contributed by atoms with Crippen molar-refractivity contribution in [2.24, 2.45) is 0 Å². The van der Waals surface area contributed by atoms with Crippen LogP contribution in [-0.2, 0) is 4.74 Å². The molecular weight excluding hydrogens is 399 g/mol. The Morgan fingerprint density at radius 3 is 2.26 bits per heavy atom. The summed E-state index contributed by atoms with van der Waals surface area (Å²) >= 11 is 0. The SMILES string of the molecule is COC(=O)c1ccc(F)cc1Oc1ccc2[nH]ccc2c1.Oc1ccc2[nH]ccc2c1. The topological polar surface area (TPSA) is 87.3 Å². The molecule has 0 spiro atoms. The number of halogens is 1. The van der Waals surface area contributed by atoms with E-state index >= 15 is 0 Å². The summed E-state index contributed by atoms with van der Waals surface area (Å²) in [6.07, 6.45) is 3.67. The molecule has 0 fully saturated rings. The number of carbonyl (C=O) groups is 1. The predicted octanol–water partition coefficient (Wildman–Crippen LogP) is 5.76. The van der Waals surface area contributed by atoms with Crippen LogP contribution in [0.3, 0.4) is 0 Å². The van der Waals surface area contributed by atoms with Crippen LogP contribution < -0.4 is 4.74 Å². The Morgan fingerprint density at radius 1 is 0.871 bits per heavy atom. The molecule has 3 N–H and O–H groups in total. The molecule has 0 amide bonds. The summed E-state index contributed by atoms with van der Waals surface area (Å²) < 4.78 is 23.7. The largest absolute Gasteiger partial charge is 0.508 e. The van der Waals surface area contributed by atoms with E-state index in [-0.39, 0.29) is 11.3 Å². The number of nitrogens with one attached hydrogen (secondary N) is 2. The van der Waals surface area contributed by atoms with Crippen LogP contribution >= 0.6 is 0 Å². The lowest BCUT2D eigenvalue weighted by molar-refractivity contribution is 0.0598. The first-order valence-corrected chi connectivity index (χ1v) is 9.42. The van der Waals surface area contributed by atoms with Crippen molar-refractivity contribution in [3.05, 3.63) is 90.5 Å². The summed E-state index contributed by atoms with van der Waals surface area (Å²) in [5.41, 5.74) is 2.20. The van der Waals surface area contributed by atoms with E-state index in [2.05, 4.69) is 14.7 Å². The van der Waals surface area contributed by atoms with Crippen molar-refractivity contribution in [2.75, 3.05) is 7.11 Å². The lowest BCUT2D eigenvalue weighted by atomic mass is 10.2. The van der Waals surface area contributed by atoms with E-state index in [1.807, 2.05) is 36.7 Å². The van der Waals surface area contributed by atoms with Gasteiger partial charge in [0.1, 0.15) is 28.6 Å². The quantitative estimate of drug-likeness (QED) is 0.325. The number of phenols is 1. The molecule has 0 atom stereocenters. The van der Waals surface area contributed by atoms with Gasteiger partial charge >= 0.3 is 5.97 Å². The third-order valence-electron chi connectivity index (χ3n) is 4.64. The zero-order valence-electron chi connectivity index (χ0n) is 16.6. The van der Waals surface area contributed by atoms with Crippen LogP contribution in [0.2, 0.25) is 0 Å². The molecule has 2 aromatic heterocycles. The van der Waals surface area contributed by atoms with Crippen molar-refractivity contribution in [2.45, 2.75) is 0 Å². The summed E-state index contributed by atoms with van der Waals surface area (Å²) in [5.74, 6) is -0.116. The Labute approximate surface area is 176 Å². The first kappa shape index (κ1) is 20.0. The molecule has 5 rings (SSSR count). The van der Waals surface area contributed by atoms with Gasteiger partial charge < -0.3 is 24.5 Å². The number of ether oxygens (including phenoxy) is 2. The minimum absolute atomic E-state index is 0.122. The van der Waals surface area contributed by atoms with E-state index in [1.165, 1.54) is 19.2 Å². The normalized spacial score (nSPS) is 10.5. The van der Waals surface area contributed by atoms with Gasteiger partial charge in [-0.3, -0.25) is 0 Å². The number of carbonyl (C=O) groups excluding carboxylic acids is 1. The van der Waals surface area contributed by atoms with Crippen LogP contribution in [0.1, 0.15) is 10.4 Å². The molecule has 31 heavy (non-hydrogen) atoms. The maximum atomic E-state index is 13.4. The fourth-order valence-electron chi connectivity index (χ4n) is 3.12. The second-order valence-corrected chi connectivity index (χ2v) is 6.71. The number of H-pyrrole nitrogens is 2. The number of aromatic amines is 2. The minimum atomic E-state index is -0.576. The van der Waals surface area contributed by atoms with Crippen LogP contribution in [0.15, 0.2) is 79.1 Å². The molecule has 0 radical (unpaired) electrons. The molecule has 0 aliphatic rings. The molecule has 0 aliphatic heterocycles. The highest BCUT2D eigenvalue weighted by Gasteiger charge is 2.15. The molecule has 0 unspecified atom stereocenters. The van der Waals surface area contributed by atoms with Crippen molar-refractivity contribution in [3.63, 3.8) is 0 Å². The number of methoxy groups -OCH3 is 1. The number of aromatic nitrogens is 2. The van der Waals surface area contributed by atoms with Gasteiger partial charge in [-0.25, -0.2) is 9.18 Å². The van der Waals surface area contributed by atoms with Gasteiger partial charge in [0.25, 0.3) is 0 Å². The Hall–Kier alpha value is -4.26. The molecule has 0 aliphatic carbocycles. The molecular formula is C24H19FN2O4. The average molecular weight is 418 g/mol. The molecule has 3 aromatic carbocycles. The van der Waals surface area contributed by atoms with Gasteiger partial charge in [-0.05, 0) is 60.7 Å². The van der Waals surface area contributed by atoms with Crippen LogP contribution in [0.25, 0.3) is 21.8 Å². The third-order valence-corrected chi connectivity index (χ3v) is 4.64. The van der Waals surface area contributed by atoms with Crippen LogP contribution in [0.4, 0.5) is 4.39 Å². The molecule has 0 saturated carbocycles. The molecule has 0 bridgehead atoms. The monoisotopic (exact) mass is 418 g/mol. The highest BCUT2D eigenvalue weighted by molar-refractivity contribution is 5.92. The number of hydrogen-bond acceptors (Lipinski definition) is 4. The number of rotatable bonds is 3. The predicted molar refractivity (Wildman–Crippen MR) is 116 cm³/mol. The molecule has 7 heteroatoms. The van der Waals surface area contributed by atoms with E-state index in [1.54, 1.807) is 24.3 Å². The summed E-state index contributed by atoms with van der Waals surface area (Å²) in [7, 11) is 1.27. The smallest absolute Gasteiger partial charge is 0.341 e. The van der Waals surface area contributed by atoms with Crippen molar-refractivity contribution >= 4 is 27.8 Å². The zero-order chi connectivity index (χ0) is 21.8. The first-order chi connectivity index (χ1) is 15.0. The van der Waals surface area contributed by atoms with Crippen molar-refractivity contribution in [3.8, 4) is 17.2 Å². The fraction of sp³-hybridized carbons (Fsp3) is 0.0417. The lowest BCUT2D eigenvalue weighted by Crippen LogP contribution is -2.04. The van der Waals surface area contributed by atoms with E-state index in [9.17, 15) is 9.18 Å². The van der Waals surface area contributed by atoms with E-state index in [0.29, 0.717) is 11.5 Å². The van der Waals surface area contributed by atoms with Crippen molar-refractivity contribution < 1.29 is 23.8 Å². The summed E-state index contributed by atoms with van der Waals surface area (Å²) in [5, 5.41) is 11.0. The highest BCUT2D eigenvalue weighted by Crippen LogP contribution is 2.29. The van der Waals surface area contributed by atoms with Gasteiger partial charge in [-0.2, -0.15) is 0 Å². The van der Waals surface area contributed by atoms with Crippen LogP contribution in [0, 0.1) is 5.82 Å². The molecule has 0 saturated heterocycles. The molecule has 156 valence electrons. The van der Waals surface area contributed by atoms with Gasteiger partial charge in [0.05, 0.1) is 7.11 Å². The summed E-state index contributed by atoms with van der Waals surface area (Å²) in [6.45, 7) is 0. The Morgan fingerprint density at radius 2 is 1.55 bits per heavy atom. The Balaban J connectivity index is 0.000000192. The molecule has 6 nitrogen and oxygen atoms in total. The Bertz CT molecular complexity index is 1360. The number of phenolic OH excluding ortho intramolecular Hbond substituents is 1. The van der Waals surface area contributed by atoms with E-state index in [0.717, 1.165) is 27.9 Å². The maximum Gasteiger partial charge on any atom is 0.341 e. The zero-order valence-corrected chi connectivity index (χ0v) is 16.6. The standard InChI is InChI=1S/C16H12FNO3.C8H7NO/c1-20-16(19)13-4-2-11(17)9-15(13)21-12-3-5-14-10(8-12)6-7-18-14;10-7-1-2-8-6(5-7)3-4-9-8/h2-9,18H,1H3;1-5,9-10H. The third kappa shape index (κ3) is 4.51. The van der Waals surface area contributed by atoms with Gasteiger partial charge in [0.15, 0.2) is 0 Å². The number of aromatic hydroxyl groups is 1. The Kier molecular flexibility index (Phi) is 5.57. The molecule has 5 aromatic rings. The van der Waals surface area contributed by atoms with E-state index in [4.69, 9.17) is 9.84 Å². The van der Waals surface area contributed by atoms with Crippen LogP contribution in [0.5, 0.6) is 17.2 Å². The average Bonchev–Trinajstić information content (AvgIpc) is 3.42. The summed E-state index contributed by atoms with van der Waals surface area (Å²) in [4.78, 5) is 17.8. The maximum absolute atomic E-state index is 13.4. The first-order valence-electron chi connectivity index (χ1n) is 9.42. The fourth-order valence-corrected chi connectivity index (χ4v) is 3.12. The number of fused-ring (bicyclic) bond motifs is 2.